The molecule has 0 aliphatic carbocycles. The van der Waals surface area contributed by atoms with Crippen molar-refractivity contribution in [2.24, 2.45) is 0 Å². The van der Waals surface area contributed by atoms with Gasteiger partial charge in [-0.3, -0.25) is 4.79 Å². The number of halogens is 1. The summed E-state index contributed by atoms with van der Waals surface area (Å²) in [5, 5.41) is 11.5. The Kier molecular flexibility index (Phi) is 9.95. The van der Waals surface area contributed by atoms with Gasteiger partial charge in [-0.15, -0.1) is 0 Å². The fraction of sp³-hybridized carbons (Fsp3) is 0.235. The van der Waals surface area contributed by atoms with Crippen LogP contribution in [0.3, 0.4) is 0 Å². The standard InChI is InChI=1S/C34H34N2O2S2.BrH/c1-6-26-9-7-8-10-27(26)36-29-20-24(4)25(5)21-31(29)40-33(36)16-13-22(2)12-15-32-35(18-17-34(37)38)28-14-11-23(3)19-30(28)39-32;/h7-16,19-21H,6,17-18H2,1-5H3;1H. The summed E-state index contributed by atoms with van der Waals surface area (Å²) in [6.07, 6.45) is 9.69. The smallest absolute Gasteiger partial charge is 0.309 e. The first-order valence-electron chi connectivity index (χ1n) is 13.6. The Hall–Kier alpha value is -3.13. The van der Waals surface area contributed by atoms with Crippen molar-refractivity contribution >= 4 is 56.7 Å². The van der Waals surface area contributed by atoms with Crippen LogP contribution in [0.5, 0.6) is 0 Å². The second-order valence-electron chi connectivity index (χ2n) is 10.3. The Morgan fingerprint density at radius 3 is 2.54 bits per heavy atom. The lowest BCUT2D eigenvalue weighted by atomic mass is 10.1. The van der Waals surface area contributed by atoms with E-state index in [1.807, 2.05) is 11.8 Å². The molecule has 0 saturated heterocycles. The first-order chi connectivity index (χ1) is 19.2. The van der Waals surface area contributed by atoms with Gasteiger partial charge < -0.3 is 27.0 Å². The number of thiazole rings is 1. The number of aromatic nitrogens is 1. The number of fused-ring (bicyclic) bond motifs is 2. The average molecular weight is 648 g/mol. The van der Waals surface area contributed by atoms with Crippen molar-refractivity contribution < 1.29 is 31.4 Å². The zero-order valence-corrected chi connectivity index (χ0v) is 27.3. The first kappa shape index (κ1) is 30.8. The lowest BCUT2D eigenvalue weighted by Crippen LogP contribution is -3.00. The maximum absolute atomic E-state index is 11.3. The summed E-state index contributed by atoms with van der Waals surface area (Å²) in [4.78, 5) is 15.0. The highest BCUT2D eigenvalue weighted by molar-refractivity contribution is 8.03. The third-order valence-corrected chi connectivity index (χ3v) is 9.47. The number of thioether (sulfide) groups is 1. The molecule has 1 aromatic heterocycles. The highest BCUT2D eigenvalue weighted by atomic mass is 79.9. The van der Waals surface area contributed by atoms with Gasteiger partial charge in [0.05, 0.1) is 10.7 Å². The normalized spacial score (nSPS) is 14.2. The van der Waals surface area contributed by atoms with Crippen LogP contribution in [0.15, 0.2) is 88.3 Å². The zero-order valence-electron chi connectivity index (χ0n) is 24.1. The molecule has 41 heavy (non-hydrogen) atoms. The van der Waals surface area contributed by atoms with Crippen LogP contribution in [0.1, 0.15) is 47.5 Å². The van der Waals surface area contributed by atoms with Crippen molar-refractivity contribution in [3.8, 4) is 0 Å². The number of hydrogen-bond acceptors (Lipinski definition) is 4. The third kappa shape index (κ3) is 6.69. The quantitative estimate of drug-likeness (QED) is 0.191. The van der Waals surface area contributed by atoms with Crippen LogP contribution < -0.4 is 26.4 Å². The number of hydrogen-bond donors (Lipinski definition) is 1. The minimum absolute atomic E-state index is 0. The predicted octanol–water partition coefficient (Wildman–Crippen LogP) is 5.90. The van der Waals surface area contributed by atoms with Crippen molar-refractivity contribution in [1.29, 1.82) is 0 Å². The largest absolute Gasteiger partial charge is 1.00 e. The number of rotatable bonds is 8. The Morgan fingerprint density at radius 1 is 1.02 bits per heavy atom. The molecule has 0 saturated carbocycles. The summed E-state index contributed by atoms with van der Waals surface area (Å²) in [5.74, 6) is -0.786. The predicted molar refractivity (Wildman–Crippen MR) is 170 cm³/mol. The minimum Gasteiger partial charge on any atom is -1.00 e. The van der Waals surface area contributed by atoms with Crippen molar-refractivity contribution in [2.45, 2.75) is 58.9 Å². The van der Waals surface area contributed by atoms with Crippen LogP contribution in [-0.2, 0) is 17.8 Å². The van der Waals surface area contributed by atoms with E-state index in [0.29, 0.717) is 6.54 Å². The van der Waals surface area contributed by atoms with Crippen LogP contribution in [0.2, 0.25) is 0 Å². The van der Waals surface area contributed by atoms with Gasteiger partial charge in [-0.05, 0) is 86.7 Å². The average Bonchev–Trinajstić information content (AvgIpc) is 3.46. The maximum Gasteiger partial charge on any atom is 0.309 e. The van der Waals surface area contributed by atoms with Crippen molar-refractivity contribution in [3.05, 3.63) is 111 Å². The van der Waals surface area contributed by atoms with Crippen molar-refractivity contribution in [3.63, 3.8) is 0 Å². The number of benzene rings is 3. The van der Waals surface area contributed by atoms with Gasteiger partial charge in [0, 0.05) is 22.7 Å². The van der Waals surface area contributed by atoms with Crippen LogP contribution in [-0.4, -0.2) is 11.1 Å². The fourth-order valence-corrected chi connectivity index (χ4v) is 7.26. The number of para-hydroxylation sites is 1. The number of carboxylic acid groups (broad SMARTS) is 1. The molecule has 2 heterocycles. The third-order valence-electron chi connectivity index (χ3n) is 7.28. The fourth-order valence-electron chi connectivity index (χ4n) is 4.93. The molecular formula is C34H35BrN2O2S2. The van der Waals surface area contributed by atoms with E-state index < -0.39 is 5.97 Å². The second kappa shape index (κ2) is 13.2. The first-order valence-corrected chi connectivity index (χ1v) is 15.3. The molecule has 0 spiro atoms. The van der Waals surface area contributed by atoms with Gasteiger partial charge in [-0.25, -0.2) is 0 Å². The van der Waals surface area contributed by atoms with Crippen molar-refractivity contribution in [1.82, 2.24) is 0 Å². The molecule has 0 atom stereocenters. The molecule has 3 aromatic carbocycles. The molecule has 1 N–H and O–H groups in total. The van der Waals surface area contributed by atoms with Gasteiger partial charge in [0.15, 0.2) is 6.54 Å². The van der Waals surface area contributed by atoms with Crippen LogP contribution in [0.25, 0.3) is 16.3 Å². The van der Waals surface area contributed by atoms with E-state index in [1.165, 1.54) is 48.3 Å². The van der Waals surface area contributed by atoms with Gasteiger partial charge in [0.25, 0.3) is 5.01 Å². The Balaban J connectivity index is 0.00000387. The van der Waals surface area contributed by atoms with Gasteiger partial charge in [-0.1, -0.05) is 72.0 Å². The van der Waals surface area contributed by atoms with Crippen LogP contribution in [0, 0.1) is 20.8 Å². The number of carboxylic acids is 1. The van der Waals surface area contributed by atoms with Gasteiger partial charge >= 0.3 is 5.97 Å². The number of aliphatic carboxylic acids is 1. The molecule has 0 fully saturated rings. The SMILES string of the molecule is CCc1ccccc1N1C(=CC=C(C)C=Cc2sc3cc(C)ccc3[n+]2CCC(=O)O)Sc2cc(C)c(C)cc21.[Br-]. The summed E-state index contributed by atoms with van der Waals surface area (Å²) in [6, 6.07) is 19.6. The Morgan fingerprint density at radius 2 is 1.78 bits per heavy atom. The number of carbonyl (C=O) groups is 1. The van der Waals surface area contributed by atoms with E-state index >= 15 is 0 Å². The molecule has 212 valence electrons. The molecule has 4 nitrogen and oxygen atoms in total. The summed E-state index contributed by atoms with van der Waals surface area (Å²) in [7, 11) is 0. The van der Waals surface area contributed by atoms with Crippen molar-refractivity contribution in [2.75, 3.05) is 4.90 Å². The minimum atomic E-state index is -0.786. The summed E-state index contributed by atoms with van der Waals surface area (Å²) < 4.78 is 3.29. The highest BCUT2D eigenvalue weighted by Gasteiger charge is 2.28. The van der Waals surface area contributed by atoms with Crippen LogP contribution in [0.4, 0.5) is 11.4 Å². The summed E-state index contributed by atoms with van der Waals surface area (Å²) >= 11 is 3.51. The molecule has 7 heteroatoms. The molecule has 0 bridgehead atoms. The second-order valence-corrected chi connectivity index (χ2v) is 12.4. The molecule has 0 unspecified atom stereocenters. The molecule has 1 aliphatic rings. The summed E-state index contributed by atoms with van der Waals surface area (Å²) in [5.41, 5.74) is 9.80. The van der Waals surface area contributed by atoms with E-state index in [0.717, 1.165) is 22.5 Å². The van der Waals surface area contributed by atoms with Gasteiger partial charge in [0.2, 0.25) is 5.52 Å². The lowest BCUT2D eigenvalue weighted by Gasteiger charge is -2.23. The van der Waals surface area contributed by atoms with E-state index in [9.17, 15) is 9.90 Å². The molecule has 5 rings (SSSR count). The maximum atomic E-state index is 11.3. The van der Waals surface area contributed by atoms with E-state index in [4.69, 9.17) is 0 Å². The number of anilines is 2. The number of aryl methyl sites for hydroxylation is 5. The number of nitrogens with zero attached hydrogens (tertiary/aromatic N) is 2. The van der Waals surface area contributed by atoms with E-state index in [2.05, 4.69) is 123 Å². The Labute approximate surface area is 261 Å². The Bertz CT molecular complexity index is 1700. The molecular weight excluding hydrogens is 612 g/mol. The van der Waals surface area contributed by atoms with Crippen LogP contribution >= 0.6 is 23.1 Å². The van der Waals surface area contributed by atoms with E-state index in [-0.39, 0.29) is 23.4 Å². The van der Waals surface area contributed by atoms with Gasteiger partial charge in [-0.2, -0.15) is 4.57 Å². The molecule has 1 aliphatic heterocycles. The van der Waals surface area contributed by atoms with Gasteiger partial charge in [0.1, 0.15) is 11.1 Å². The lowest BCUT2D eigenvalue weighted by molar-refractivity contribution is -0.667. The topological polar surface area (TPSA) is 44.4 Å². The van der Waals surface area contributed by atoms with E-state index in [1.54, 1.807) is 11.3 Å². The molecule has 0 amide bonds. The monoisotopic (exact) mass is 646 g/mol. The molecule has 0 radical (unpaired) electrons. The number of allylic oxidation sites excluding steroid dienone is 4. The zero-order chi connectivity index (χ0) is 28.4. The summed E-state index contributed by atoms with van der Waals surface area (Å²) in [6.45, 7) is 11.2. The molecule has 4 aromatic rings. The highest BCUT2D eigenvalue weighted by Crippen LogP contribution is 2.51.